The molecule has 0 saturated carbocycles. The maximum atomic E-state index is 11.5. The van der Waals surface area contributed by atoms with Gasteiger partial charge in [-0.2, -0.15) is 0 Å². The average molecular weight is 275 g/mol. The van der Waals surface area contributed by atoms with E-state index in [-0.39, 0.29) is 18.4 Å². The van der Waals surface area contributed by atoms with Gasteiger partial charge in [0.25, 0.3) is 0 Å². The molecule has 112 valence electrons. The number of carbonyl (C=O) groups is 1. The second-order valence-corrected chi connectivity index (χ2v) is 4.51. The summed E-state index contributed by atoms with van der Waals surface area (Å²) in [5.74, 6) is 0.199. The highest BCUT2D eigenvalue weighted by atomic mass is 16.5. The summed E-state index contributed by atoms with van der Waals surface area (Å²) in [6, 6.07) is 0. The minimum absolute atomic E-state index is 0.0801. The Bertz CT molecular complexity index is 249. The quantitative estimate of drug-likeness (QED) is 0.533. The van der Waals surface area contributed by atoms with E-state index in [0.29, 0.717) is 59.2 Å². The summed E-state index contributed by atoms with van der Waals surface area (Å²) in [6.07, 6.45) is 0.455. The van der Waals surface area contributed by atoms with Gasteiger partial charge in [-0.15, -0.1) is 0 Å². The Morgan fingerprint density at radius 1 is 1.16 bits per heavy atom. The maximum absolute atomic E-state index is 11.5. The zero-order valence-corrected chi connectivity index (χ0v) is 11.7. The number of rotatable bonds is 11. The second-order valence-electron chi connectivity index (χ2n) is 4.51. The Balaban J connectivity index is 1.90. The lowest BCUT2D eigenvalue weighted by atomic mass is 10.1. The molecule has 0 spiro atoms. The molecule has 1 rings (SSSR count). The lowest BCUT2D eigenvalue weighted by molar-refractivity contribution is -0.128. The number of ether oxygens (including phenoxy) is 3. The number of aliphatic hydroxyl groups is 1. The van der Waals surface area contributed by atoms with Crippen LogP contribution in [0.4, 0.5) is 0 Å². The van der Waals surface area contributed by atoms with E-state index in [9.17, 15) is 4.79 Å². The number of hydrogen-bond donors (Lipinski definition) is 1. The molecule has 1 aliphatic heterocycles. The average Bonchev–Trinajstić information content (AvgIpc) is 2.78. The third kappa shape index (κ3) is 6.87. The van der Waals surface area contributed by atoms with Crippen LogP contribution in [0.2, 0.25) is 0 Å². The van der Waals surface area contributed by atoms with Gasteiger partial charge in [0.1, 0.15) is 0 Å². The third-order valence-corrected chi connectivity index (χ3v) is 3.01. The highest BCUT2D eigenvalue weighted by molar-refractivity contribution is 5.78. The van der Waals surface area contributed by atoms with Crippen molar-refractivity contribution in [1.82, 2.24) is 4.90 Å². The topological polar surface area (TPSA) is 68.2 Å². The van der Waals surface area contributed by atoms with E-state index >= 15 is 0 Å². The first-order valence-electron chi connectivity index (χ1n) is 6.89. The summed E-state index contributed by atoms with van der Waals surface area (Å²) in [7, 11) is 0. The smallest absolute Gasteiger partial charge is 0.223 e. The molecule has 0 radical (unpaired) electrons. The van der Waals surface area contributed by atoms with Crippen molar-refractivity contribution in [1.29, 1.82) is 0 Å². The van der Waals surface area contributed by atoms with Crippen LogP contribution in [0.25, 0.3) is 0 Å². The molecular formula is C13H25NO5. The number of hydrogen-bond acceptors (Lipinski definition) is 5. The monoisotopic (exact) mass is 275 g/mol. The van der Waals surface area contributed by atoms with Crippen LogP contribution in [0.3, 0.4) is 0 Å². The SMILES string of the molecule is CCOCCOCCOCCN1CC(CO)CC1=O. The summed E-state index contributed by atoms with van der Waals surface area (Å²) in [5, 5.41) is 8.99. The molecule has 6 heteroatoms. The number of nitrogens with zero attached hydrogens (tertiary/aromatic N) is 1. The first-order valence-corrected chi connectivity index (χ1v) is 6.89. The van der Waals surface area contributed by atoms with Gasteiger partial charge < -0.3 is 24.2 Å². The molecule has 0 aromatic carbocycles. The van der Waals surface area contributed by atoms with Crippen LogP contribution < -0.4 is 0 Å². The van der Waals surface area contributed by atoms with Gasteiger partial charge in [-0.1, -0.05) is 0 Å². The zero-order valence-electron chi connectivity index (χ0n) is 11.7. The molecule has 1 N–H and O–H groups in total. The summed E-state index contributed by atoms with van der Waals surface area (Å²) in [5.41, 5.74) is 0. The van der Waals surface area contributed by atoms with Gasteiger partial charge in [-0.05, 0) is 6.92 Å². The second kappa shape index (κ2) is 10.1. The fourth-order valence-electron chi connectivity index (χ4n) is 1.95. The Morgan fingerprint density at radius 2 is 1.79 bits per heavy atom. The molecular weight excluding hydrogens is 250 g/mol. The lowest BCUT2D eigenvalue weighted by Gasteiger charge is -2.16. The van der Waals surface area contributed by atoms with Crippen molar-refractivity contribution in [2.75, 3.05) is 59.3 Å². The van der Waals surface area contributed by atoms with Crippen LogP contribution in [0.1, 0.15) is 13.3 Å². The van der Waals surface area contributed by atoms with Crippen LogP contribution in [0, 0.1) is 5.92 Å². The van der Waals surface area contributed by atoms with Gasteiger partial charge in [-0.3, -0.25) is 4.79 Å². The van der Waals surface area contributed by atoms with Crippen LogP contribution in [-0.2, 0) is 19.0 Å². The van der Waals surface area contributed by atoms with Gasteiger partial charge in [0.05, 0.1) is 33.0 Å². The summed E-state index contributed by atoms with van der Waals surface area (Å²) in [4.78, 5) is 13.3. The van der Waals surface area contributed by atoms with Crippen LogP contribution >= 0.6 is 0 Å². The van der Waals surface area contributed by atoms with Crippen LogP contribution in [-0.4, -0.2) is 75.3 Å². The van der Waals surface area contributed by atoms with Crippen molar-refractivity contribution in [3.05, 3.63) is 0 Å². The van der Waals surface area contributed by atoms with Crippen molar-refractivity contribution in [2.24, 2.45) is 5.92 Å². The normalized spacial score (nSPS) is 19.4. The van der Waals surface area contributed by atoms with Crippen LogP contribution in [0.15, 0.2) is 0 Å². The molecule has 0 bridgehead atoms. The number of likely N-dealkylation sites (tertiary alicyclic amines) is 1. The molecule has 1 atom stereocenters. The summed E-state index contributed by atoms with van der Waals surface area (Å²) < 4.78 is 15.8. The molecule has 0 aromatic heterocycles. The molecule has 1 aliphatic rings. The molecule has 0 aliphatic carbocycles. The van der Waals surface area contributed by atoms with Gasteiger partial charge in [0, 0.05) is 38.6 Å². The summed E-state index contributed by atoms with van der Waals surface area (Å²) >= 11 is 0. The molecule has 1 amide bonds. The van der Waals surface area contributed by atoms with Crippen molar-refractivity contribution in [2.45, 2.75) is 13.3 Å². The standard InChI is InChI=1S/C13H25NO5/c1-2-17-5-6-19-8-7-18-4-3-14-10-12(11-15)9-13(14)16/h12,15H,2-11H2,1H3. The van der Waals surface area contributed by atoms with Crippen molar-refractivity contribution >= 4 is 5.91 Å². The Labute approximate surface area is 114 Å². The highest BCUT2D eigenvalue weighted by Gasteiger charge is 2.28. The summed E-state index contributed by atoms with van der Waals surface area (Å²) in [6.45, 7) is 6.75. The first kappa shape index (κ1) is 16.4. The first-order chi connectivity index (χ1) is 9.27. The molecule has 19 heavy (non-hydrogen) atoms. The largest absolute Gasteiger partial charge is 0.396 e. The van der Waals surface area contributed by atoms with E-state index in [4.69, 9.17) is 19.3 Å². The van der Waals surface area contributed by atoms with E-state index in [2.05, 4.69) is 0 Å². The maximum Gasteiger partial charge on any atom is 0.223 e. The highest BCUT2D eigenvalue weighted by Crippen LogP contribution is 2.16. The van der Waals surface area contributed by atoms with E-state index in [1.807, 2.05) is 6.92 Å². The third-order valence-electron chi connectivity index (χ3n) is 3.01. The fraction of sp³-hybridized carbons (Fsp3) is 0.923. The Hall–Kier alpha value is -0.690. The fourth-order valence-corrected chi connectivity index (χ4v) is 1.95. The van der Waals surface area contributed by atoms with Gasteiger partial charge >= 0.3 is 0 Å². The molecule has 1 heterocycles. The molecule has 6 nitrogen and oxygen atoms in total. The molecule has 1 saturated heterocycles. The minimum Gasteiger partial charge on any atom is -0.396 e. The lowest BCUT2D eigenvalue weighted by Crippen LogP contribution is -2.29. The predicted octanol–water partition coefficient (Wildman–Crippen LogP) is -0.103. The van der Waals surface area contributed by atoms with Gasteiger partial charge in [-0.25, -0.2) is 0 Å². The van der Waals surface area contributed by atoms with Crippen molar-refractivity contribution in [3.63, 3.8) is 0 Å². The van der Waals surface area contributed by atoms with Crippen LogP contribution in [0.5, 0.6) is 0 Å². The van der Waals surface area contributed by atoms with Gasteiger partial charge in [0.15, 0.2) is 0 Å². The molecule has 1 unspecified atom stereocenters. The Kier molecular flexibility index (Phi) is 8.73. The molecule has 0 aromatic rings. The van der Waals surface area contributed by atoms with E-state index < -0.39 is 0 Å². The molecule has 1 fully saturated rings. The van der Waals surface area contributed by atoms with E-state index in [1.54, 1.807) is 4.90 Å². The van der Waals surface area contributed by atoms with Gasteiger partial charge in [0.2, 0.25) is 5.91 Å². The van der Waals surface area contributed by atoms with Crippen molar-refractivity contribution < 1.29 is 24.1 Å². The minimum atomic E-state index is 0.0801. The predicted molar refractivity (Wildman–Crippen MR) is 69.9 cm³/mol. The number of aliphatic hydroxyl groups excluding tert-OH is 1. The number of amides is 1. The van der Waals surface area contributed by atoms with Crippen molar-refractivity contribution in [3.8, 4) is 0 Å². The number of carbonyl (C=O) groups excluding carboxylic acids is 1. The van der Waals surface area contributed by atoms with E-state index in [1.165, 1.54) is 0 Å². The van der Waals surface area contributed by atoms with E-state index in [0.717, 1.165) is 0 Å². The zero-order chi connectivity index (χ0) is 13.9. The Morgan fingerprint density at radius 3 is 2.37 bits per heavy atom.